The first-order chi connectivity index (χ1) is 9.63. The minimum Gasteiger partial charge on any atom is -0.273 e. The number of sulfonamides is 1. The molecule has 1 aromatic carbocycles. The van der Waals surface area contributed by atoms with Gasteiger partial charge < -0.3 is 0 Å². The van der Waals surface area contributed by atoms with Crippen molar-refractivity contribution >= 4 is 43.0 Å². The van der Waals surface area contributed by atoms with E-state index in [9.17, 15) is 26.0 Å². The first kappa shape index (κ1) is 16.2. The zero-order valence-electron chi connectivity index (χ0n) is 10.2. The van der Waals surface area contributed by atoms with E-state index < -0.39 is 39.0 Å². The van der Waals surface area contributed by atoms with Crippen LogP contribution in [0.3, 0.4) is 0 Å². The van der Waals surface area contributed by atoms with Gasteiger partial charge in [0.1, 0.15) is 9.90 Å². The number of halogens is 5. The zero-order chi connectivity index (χ0) is 15.9. The summed E-state index contributed by atoms with van der Waals surface area (Å²) in [4.78, 5) is 0. The van der Waals surface area contributed by atoms with E-state index in [2.05, 4.69) is 15.9 Å². The molecule has 0 bridgehead atoms. The number of benzene rings is 1. The van der Waals surface area contributed by atoms with Crippen LogP contribution in [-0.2, 0) is 10.0 Å². The fourth-order valence-corrected chi connectivity index (χ4v) is 4.70. The Morgan fingerprint density at radius 2 is 1.62 bits per heavy atom. The summed E-state index contributed by atoms with van der Waals surface area (Å²) in [7, 11) is -4.37. The van der Waals surface area contributed by atoms with Crippen LogP contribution in [0.2, 0.25) is 0 Å². The summed E-state index contributed by atoms with van der Waals surface area (Å²) in [5.74, 6) is -7.03. The SMILES string of the molecule is Cc1cc(S(=O)(=O)Nc2c(F)c(F)cc(F)c2F)sc1Br. The minimum atomic E-state index is -4.37. The zero-order valence-corrected chi connectivity index (χ0v) is 13.4. The molecule has 0 unspecified atom stereocenters. The van der Waals surface area contributed by atoms with Crippen molar-refractivity contribution in [3.63, 3.8) is 0 Å². The number of hydrogen-bond acceptors (Lipinski definition) is 3. The Morgan fingerprint density at radius 3 is 2.05 bits per heavy atom. The molecule has 0 saturated heterocycles. The highest BCUT2D eigenvalue weighted by Crippen LogP contribution is 2.33. The van der Waals surface area contributed by atoms with E-state index >= 15 is 0 Å². The highest BCUT2D eigenvalue weighted by Gasteiger charge is 2.25. The first-order valence-corrected chi connectivity index (χ1v) is 8.34. The lowest BCUT2D eigenvalue weighted by Gasteiger charge is -2.09. The Bertz CT molecular complexity index is 774. The van der Waals surface area contributed by atoms with Gasteiger partial charge in [0.15, 0.2) is 23.3 Å². The van der Waals surface area contributed by atoms with Crippen LogP contribution in [0.25, 0.3) is 0 Å². The van der Waals surface area contributed by atoms with E-state index in [0.717, 1.165) is 11.3 Å². The van der Waals surface area contributed by atoms with Crippen LogP contribution in [0.15, 0.2) is 20.1 Å². The third-order valence-electron chi connectivity index (χ3n) is 2.45. The molecule has 0 aliphatic rings. The van der Waals surface area contributed by atoms with Crippen molar-refractivity contribution in [2.75, 3.05) is 4.72 Å². The highest BCUT2D eigenvalue weighted by atomic mass is 79.9. The van der Waals surface area contributed by atoms with Crippen molar-refractivity contribution in [3.8, 4) is 0 Å². The van der Waals surface area contributed by atoms with Crippen molar-refractivity contribution in [3.05, 3.63) is 44.8 Å². The molecule has 0 spiro atoms. The summed E-state index contributed by atoms with van der Waals surface area (Å²) in [6.07, 6.45) is 0. The predicted octanol–water partition coefficient (Wildman–Crippen LogP) is 4.18. The van der Waals surface area contributed by atoms with Gasteiger partial charge in [-0.15, -0.1) is 11.3 Å². The number of nitrogens with one attached hydrogen (secondary N) is 1. The molecule has 10 heteroatoms. The van der Waals surface area contributed by atoms with E-state index in [-0.39, 0.29) is 10.3 Å². The minimum absolute atomic E-state index is 0.00561. The summed E-state index contributed by atoms with van der Waals surface area (Å²) in [5.41, 5.74) is -0.804. The van der Waals surface area contributed by atoms with Crippen LogP contribution >= 0.6 is 27.3 Å². The van der Waals surface area contributed by atoms with Crippen LogP contribution in [0.5, 0.6) is 0 Å². The van der Waals surface area contributed by atoms with Crippen molar-refractivity contribution in [2.45, 2.75) is 11.1 Å². The second-order valence-electron chi connectivity index (χ2n) is 3.97. The van der Waals surface area contributed by atoms with Gasteiger partial charge in [-0.3, -0.25) is 4.72 Å². The first-order valence-electron chi connectivity index (χ1n) is 5.25. The molecule has 0 atom stereocenters. The number of anilines is 1. The highest BCUT2D eigenvalue weighted by molar-refractivity contribution is 9.11. The maximum Gasteiger partial charge on any atom is 0.271 e. The molecule has 3 nitrogen and oxygen atoms in total. The molecule has 0 fully saturated rings. The van der Waals surface area contributed by atoms with Gasteiger partial charge in [0, 0.05) is 6.07 Å². The number of rotatable bonds is 3. The summed E-state index contributed by atoms with van der Waals surface area (Å²) in [6, 6.07) is 1.25. The second kappa shape index (κ2) is 5.58. The maximum absolute atomic E-state index is 13.5. The predicted molar refractivity (Wildman–Crippen MR) is 73.8 cm³/mol. The van der Waals surface area contributed by atoms with E-state index in [0.29, 0.717) is 9.35 Å². The molecule has 0 radical (unpaired) electrons. The van der Waals surface area contributed by atoms with Gasteiger partial charge in [-0.1, -0.05) is 0 Å². The van der Waals surface area contributed by atoms with Crippen LogP contribution in [-0.4, -0.2) is 8.42 Å². The molecule has 0 aliphatic carbocycles. The van der Waals surface area contributed by atoms with Gasteiger partial charge in [-0.2, -0.15) is 0 Å². The standard InChI is InChI=1S/C11H6BrF4NO2S2/c1-4-2-7(20-11(4)12)21(18,19)17-10-8(15)5(13)3-6(14)9(10)16/h2-3,17H,1H3. The summed E-state index contributed by atoms with van der Waals surface area (Å²) in [6.45, 7) is 1.61. The molecule has 0 aliphatic heterocycles. The van der Waals surface area contributed by atoms with Crippen LogP contribution < -0.4 is 4.72 Å². The van der Waals surface area contributed by atoms with Gasteiger partial charge in [0.2, 0.25) is 0 Å². The maximum atomic E-state index is 13.5. The van der Waals surface area contributed by atoms with Crippen LogP contribution in [0, 0.1) is 30.2 Å². The van der Waals surface area contributed by atoms with Gasteiger partial charge in [-0.05, 0) is 34.5 Å². The third-order valence-corrected chi connectivity index (χ3v) is 6.41. The number of hydrogen-bond donors (Lipinski definition) is 1. The van der Waals surface area contributed by atoms with Crippen molar-refractivity contribution < 1.29 is 26.0 Å². The van der Waals surface area contributed by atoms with Crippen LogP contribution in [0.1, 0.15) is 5.56 Å². The second-order valence-corrected chi connectivity index (χ2v) is 8.25. The van der Waals surface area contributed by atoms with Crippen LogP contribution in [0.4, 0.5) is 23.2 Å². The molecule has 0 amide bonds. The molecule has 1 heterocycles. The lowest BCUT2D eigenvalue weighted by Crippen LogP contribution is -2.15. The summed E-state index contributed by atoms with van der Waals surface area (Å²) in [5, 5.41) is 0. The number of thiophene rings is 1. The van der Waals surface area contributed by atoms with E-state index in [1.54, 1.807) is 6.92 Å². The Morgan fingerprint density at radius 1 is 1.10 bits per heavy atom. The molecule has 114 valence electrons. The van der Waals surface area contributed by atoms with Gasteiger partial charge in [0.25, 0.3) is 10.0 Å². The van der Waals surface area contributed by atoms with E-state index in [1.807, 2.05) is 0 Å². The Kier molecular flexibility index (Phi) is 4.31. The number of aryl methyl sites for hydroxylation is 1. The molecule has 1 N–H and O–H groups in total. The summed E-state index contributed by atoms with van der Waals surface area (Å²) < 4.78 is 78.8. The molecule has 21 heavy (non-hydrogen) atoms. The van der Waals surface area contributed by atoms with Crippen molar-refractivity contribution in [1.29, 1.82) is 0 Å². The molecular formula is C11H6BrF4NO2S2. The Labute approximate surface area is 129 Å². The van der Waals surface area contributed by atoms with E-state index in [4.69, 9.17) is 0 Å². The molecule has 1 aromatic heterocycles. The fourth-order valence-electron chi connectivity index (χ4n) is 1.41. The average Bonchev–Trinajstić information content (AvgIpc) is 2.73. The van der Waals surface area contributed by atoms with Crippen molar-refractivity contribution in [2.24, 2.45) is 0 Å². The topological polar surface area (TPSA) is 46.2 Å². The lowest BCUT2D eigenvalue weighted by atomic mass is 10.3. The fraction of sp³-hybridized carbons (Fsp3) is 0.0909. The van der Waals surface area contributed by atoms with E-state index in [1.165, 1.54) is 10.8 Å². The lowest BCUT2D eigenvalue weighted by molar-refractivity contribution is 0.459. The largest absolute Gasteiger partial charge is 0.273 e. The summed E-state index contributed by atoms with van der Waals surface area (Å²) >= 11 is 3.90. The quantitative estimate of drug-likeness (QED) is 0.617. The van der Waals surface area contributed by atoms with Crippen molar-refractivity contribution in [1.82, 2.24) is 0 Å². The third kappa shape index (κ3) is 3.06. The monoisotopic (exact) mass is 403 g/mol. The van der Waals surface area contributed by atoms with Gasteiger partial charge in [-0.25, -0.2) is 26.0 Å². The smallest absolute Gasteiger partial charge is 0.271 e. The molecule has 2 aromatic rings. The molecule has 2 rings (SSSR count). The molecule has 0 saturated carbocycles. The molecular weight excluding hydrogens is 398 g/mol. The normalized spacial score (nSPS) is 11.7. The Balaban J connectivity index is 2.51. The van der Waals surface area contributed by atoms with Gasteiger partial charge in [0.05, 0.1) is 3.79 Å². The Hall–Kier alpha value is -1.13. The average molecular weight is 404 g/mol. The van der Waals surface area contributed by atoms with Gasteiger partial charge >= 0.3 is 0 Å².